The standard InChI is InChI=1S/C13H16O2/c1-3-6-13(2)11-9-5-4-8(7-9)10(11)12(14)15-13/h3-5,8-11H,1,6-7H2,2H3/t8-,9+,10-,11+,13-/m0/s1. The van der Waals surface area contributed by atoms with Crippen molar-refractivity contribution in [1.82, 2.24) is 0 Å². The van der Waals surface area contributed by atoms with Crippen molar-refractivity contribution in [3.63, 3.8) is 0 Å². The lowest BCUT2D eigenvalue weighted by Crippen LogP contribution is -2.35. The van der Waals surface area contributed by atoms with Gasteiger partial charge < -0.3 is 4.74 Å². The maximum atomic E-state index is 11.8. The SMILES string of the molecule is C=CC[C@]1(C)OC(=O)[C@@H]2[C@H]1[C@@H]1C=C[C@H]2C1. The molecule has 3 rings (SSSR count). The fraction of sp³-hybridized carbons (Fsp3) is 0.615. The molecule has 0 spiro atoms. The number of fused-ring (bicyclic) bond motifs is 5. The molecular weight excluding hydrogens is 188 g/mol. The molecule has 2 bridgehead atoms. The predicted molar refractivity (Wildman–Crippen MR) is 57.0 cm³/mol. The average molecular weight is 204 g/mol. The van der Waals surface area contributed by atoms with Gasteiger partial charge in [-0.05, 0) is 25.2 Å². The molecule has 80 valence electrons. The molecule has 15 heavy (non-hydrogen) atoms. The van der Waals surface area contributed by atoms with Gasteiger partial charge in [0.15, 0.2) is 0 Å². The van der Waals surface area contributed by atoms with Gasteiger partial charge in [0.05, 0.1) is 5.92 Å². The summed E-state index contributed by atoms with van der Waals surface area (Å²) < 4.78 is 5.59. The molecule has 0 aromatic heterocycles. The zero-order valence-corrected chi connectivity index (χ0v) is 8.98. The van der Waals surface area contributed by atoms with Crippen LogP contribution in [0.15, 0.2) is 24.8 Å². The van der Waals surface area contributed by atoms with E-state index < -0.39 is 0 Å². The second-order valence-electron chi connectivity index (χ2n) is 5.23. The minimum Gasteiger partial charge on any atom is -0.458 e. The molecule has 2 fully saturated rings. The van der Waals surface area contributed by atoms with Gasteiger partial charge in [0.25, 0.3) is 0 Å². The summed E-state index contributed by atoms with van der Waals surface area (Å²) in [4.78, 5) is 11.8. The van der Waals surface area contributed by atoms with Crippen LogP contribution in [0.1, 0.15) is 19.8 Å². The summed E-state index contributed by atoms with van der Waals surface area (Å²) >= 11 is 0. The number of carbonyl (C=O) groups is 1. The maximum Gasteiger partial charge on any atom is 0.310 e. The summed E-state index contributed by atoms with van der Waals surface area (Å²) in [5.74, 6) is 1.53. The molecule has 1 saturated carbocycles. The molecule has 2 aliphatic carbocycles. The van der Waals surface area contributed by atoms with Crippen molar-refractivity contribution < 1.29 is 9.53 Å². The molecule has 2 nitrogen and oxygen atoms in total. The molecule has 0 radical (unpaired) electrons. The van der Waals surface area contributed by atoms with Gasteiger partial charge in [-0.1, -0.05) is 18.2 Å². The van der Waals surface area contributed by atoms with Crippen LogP contribution in [0, 0.1) is 23.7 Å². The minimum absolute atomic E-state index is 0.0150. The Morgan fingerprint density at radius 1 is 1.60 bits per heavy atom. The van der Waals surface area contributed by atoms with E-state index in [9.17, 15) is 4.79 Å². The number of hydrogen-bond donors (Lipinski definition) is 0. The molecule has 1 aliphatic heterocycles. The average Bonchev–Trinajstić information content (AvgIpc) is 2.80. The molecule has 5 atom stereocenters. The first kappa shape index (κ1) is 9.20. The van der Waals surface area contributed by atoms with E-state index in [1.54, 1.807) is 0 Å². The number of ether oxygens (including phenoxy) is 1. The highest BCUT2D eigenvalue weighted by molar-refractivity contribution is 5.78. The first-order chi connectivity index (χ1) is 7.15. The van der Waals surface area contributed by atoms with Crippen LogP contribution in [0.2, 0.25) is 0 Å². The van der Waals surface area contributed by atoms with Crippen LogP contribution in [0.3, 0.4) is 0 Å². The lowest BCUT2D eigenvalue weighted by molar-refractivity contribution is -0.150. The summed E-state index contributed by atoms with van der Waals surface area (Å²) in [6.07, 6.45) is 8.27. The van der Waals surface area contributed by atoms with Crippen molar-refractivity contribution in [2.75, 3.05) is 0 Å². The number of esters is 1. The monoisotopic (exact) mass is 204 g/mol. The molecule has 0 amide bonds. The van der Waals surface area contributed by atoms with Gasteiger partial charge >= 0.3 is 5.97 Å². The van der Waals surface area contributed by atoms with Gasteiger partial charge in [-0.3, -0.25) is 4.79 Å². The van der Waals surface area contributed by atoms with Crippen LogP contribution in [-0.2, 0) is 9.53 Å². The predicted octanol–water partition coefficient (Wildman–Crippen LogP) is 2.32. The Morgan fingerprint density at radius 2 is 2.33 bits per heavy atom. The van der Waals surface area contributed by atoms with Crippen LogP contribution >= 0.6 is 0 Å². The first-order valence-electron chi connectivity index (χ1n) is 5.68. The third-order valence-electron chi connectivity index (χ3n) is 4.32. The number of cyclic esters (lactones) is 1. The molecule has 3 aliphatic rings. The Morgan fingerprint density at radius 3 is 3.07 bits per heavy atom. The lowest BCUT2D eigenvalue weighted by atomic mass is 9.74. The summed E-state index contributed by atoms with van der Waals surface area (Å²) in [7, 11) is 0. The number of allylic oxidation sites excluding steroid dienone is 2. The maximum absolute atomic E-state index is 11.8. The van der Waals surface area contributed by atoms with Crippen LogP contribution in [0.5, 0.6) is 0 Å². The third kappa shape index (κ3) is 1.02. The molecule has 0 N–H and O–H groups in total. The molecule has 0 unspecified atom stereocenters. The molecular formula is C13H16O2. The van der Waals surface area contributed by atoms with Gasteiger partial charge in [0.1, 0.15) is 5.60 Å². The van der Waals surface area contributed by atoms with Crippen molar-refractivity contribution in [1.29, 1.82) is 0 Å². The topological polar surface area (TPSA) is 26.3 Å². The molecule has 1 saturated heterocycles. The molecule has 0 aromatic carbocycles. The largest absolute Gasteiger partial charge is 0.458 e. The quantitative estimate of drug-likeness (QED) is 0.509. The van der Waals surface area contributed by atoms with E-state index in [1.807, 2.05) is 6.08 Å². The van der Waals surface area contributed by atoms with Gasteiger partial charge in [-0.15, -0.1) is 6.58 Å². The lowest BCUT2D eigenvalue weighted by Gasteiger charge is -2.31. The Kier molecular flexibility index (Phi) is 1.68. The van der Waals surface area contributed by atoms with Gasteiger partial charge in [-0.2, -0.15) is 0 Å². The number of rotatable bonds is 2. The Bertz CT molecular complexity index is 358. The zero-order valence-electron chi connectivity index (χ0n) is 8.98. The Labute approximate surface area is 90.0 Å². The van der Waals surface area contributed by atoms with Crippen LogP contribution < -0.4 is 0 Å². The van der Waals surface area contributed by atoms with Crippen molar-refractivity contribution in [2.24, 2.45) is 23.7 Å². The molecule has 2 heteroatoms. The smallest absolute Gasteiger partial charge is 0.310 e. The highest BCUT2D eigenvalue weighted by atomic mass is 16.6. The Hall–Kier alpha value is -1.05. The van der Waals surface area contributed by atoms with Crippen molar-refractivity contribution >= 4 is 5.97 Å². The number of carbonyl (C=O) groups excluding carboxylic acids is 1. The van der Waals surface area contributed by atoms with Crippen LogP contribution in [0.4, 0.5) is 0 Å². The first-order valence-corrected chi connectivity index (χ1v) is 5.68. The summed E-state index contributed by atoms with van der Waals surface area (Å²) in [6.45, 7) is 5.82. The van der Waals surface area contributed by atoms with Crippen molar-refractivity contribution in [3.05, 3.63) is 24.8 Å². The third-order valence-corrected chi connectivity index (χ3v) is 4.32. The van der Waals surface area contributed by atoms with Gasteiger partial charge in [-0.25, -0.2) is 0 Å². The Balaban J connectivity index is 1.99. The van der Waals surface area contributed by atoms with E-state index in [2.05, 4.69) is 25.7 Å². The van der Waals surface area contributed by atoms with Crippen molar-refractivity contribution in [2.45, 2.75) is 25.4 Å². The highest BCUT2D eigenvalue weighted by Gasteiger charge is 2.62. The minimum atomic E-state index is -0.298. The van der Waals surface area contributed by atoms with Gasteiger partial charge in [0, 0.05) is 12.3 Å². The van der Waals surface area contributed by atoms with Gasteiger partial charge in [0.2, 0.25) is 0 Å². The zero-order chi connectivity index (χ0) is 10.6. The fourth-order valence-electron chi connectivity index (χ4n) is 3.81. The van der Waals surface area contributed by atoms with E-state index in [-0.39, 0.29) is 17.5 Å². The van der Waals surface area contributed by atoms with E-state index in [1.165, 1.54) is 0 Å². The summed E-state index contributed by atoms with van der Waals surface area (Å²) in [5.41, 5.74) is -0.298. The van der Waals surface area contributed by atoms with E-state index in [0.717, 1.165) is 12.8 Å². The second-order valence-corrected chi connectivity index (χ2v) is 5.23. The van der Waals surface area contributed by atoms with Crippen molar-refractivity contribution in [3.8, 4) is 0 Å². The second kappa shape index (κ2) is 2.75. The molecule has 0 aromatic rings. The van der Waals surface area contributed by atoms with E-state index in [0.29, 0.717) is 17.8 Å². The van der Waals surface area contributed by atoms with E-state index in [4.69, 9.17) is 4.74 Å². The summed E-state index contributed by atoms with van der Waals surface area (Å²) in [6, 6.07) is 0. The van der Waals surface area contributed by atoms with E-state index >= 15 is 0 Å². The normalized spacial score (nSPS) is 50.6. The molecule has 1 heterocycles. The van der Waals surface area contributed by atoms with Crippen LogP contribution in [-0.4, -0.2) is 11.6 Å². The fourth-order valence-corrected chi connectivity index (χ4v) is 3.81. The highest BCUT2D eigenvalue weighted by Crippen LogP contribution is 2.58. The number of hydrogen-bond acceptors (Lipinski definition) is 2. The summed E-state index contributed by atoms with van der Waals surface area (Å²) in [5, 5.41) is 0. The van der Waals surface area contributed by atoms with Crippen LogP contribution in [0.25, 0.3) is 0 Å².